The van der Waals surface area contributed by atoms with E-state index >= 15 is 0 Å². The maximum atomic E-state index is 12.9. The third-order valence-electron chi connectivity index (χ3n) is 11.6. The molecule has 0 aliphatic heterocycles. The van der Waals surface area contributed by atoms with Gasteiger partial charge < -0.3 is 31.1 Å². The number of benzene rings is 2. The number of hydrogen-bond acceptors (Lipinski definition) is 10. The predicted molar refractivity (Wildman–Crippen MR) is 237 cm³/mol. The zero-order valence-corrected chi connectivity index (χ0v) is 37.9. The Morgan fingerprint density at radius 3 is 1.43 bits per heavy atom. The number of likely N-dealkylation sites (N-methyl/N-ethyl adjacent to an activating group) is 2. The van der Waals surface area contributed by atoms with Crippen molar-refractivity contribution in [2.75, 3.05) is 21.1 Å². The van der Waals surface area contributed by atoms with Gasteiger partial charge in [-0.1, -0.05) is 74.6 Å². The largest absolute Gasteiger partial charge is 0.373 e. The van der Waals surface area contributed by atoms with Crippen LogP contribution in [-0.4, -0.2) is 101 Å². The number of nitrogens with zero attached hydrogens (tertiary/aromatic N) is 7. The Bertz CT molecular complexity index is 2370. The van der Waals surface area contributed by atoms with Crippen molar-refractivity contribution in [1.29, 1.82) is 0 Å². The van der Waals surface area contributed by atoms with Crippen molar-refractivity contribution in [2.45, 2.75) is 116 Å². The molecule has 2 atom stereocenters. The minimum absolute atomic E-state index is 0.0126. The summed E-state index contributed by atoms with van der Waals surface area (Å²) in [5.74, 6) is -0.837. The lowest BCUT2D eigenvalue weighted by Crippen LogP contribution is -2.40. The van der Waals surface area contributed by atoms with Crippen LogP contribution in [0.25, 0.3) is 11.4 Å². The van der Waals surface area contributed by atoms with Crippen LogP contribution >= 0.6 is 23.2 Å². The number of rotatable bonds is 12. The van der Waals surface area contributed by atoms with Crippen molar-refractivity contribution < 1.29 is 29.4 Å². The summed E-state index contributed by atoms with van der Waals surface area (Å²) in [6, 6.07) is 9.07. The summed E-state index contributed by atoms with van der Waals surface area (Å²) < 4.78 is 4.76. The van der Waals surface area contributed by atoms with Gasteiger partial charge in [0.05, 0.1) is 32.5 Å². The standard InChI is InChI=1S/C22H30ClN5O4.C21H28ClN5O4/c1-14-25-28(22(32)27(14)13-19(29)26(2)3)16-10-11-18(23)17(12-16)21(31)24-20(30)15-8-6-4-5-7-9-15;1-13-25-27(21(31)26(13)12-18(28)23-2)15-9-10-17(22)16(11-15)20(30)24-19(29)14-7-5-3-4-6-8-14/h10-12,15,20,30H,4-9,13H2,1-3H3,(H,24,31);9-11,14,19,29H,3-8,12H2,1-2H3,(H,23,28)(H,24,30). The van der Waals surface area contributed by atoms with Crippen LogP contribution in [-0.2, 0) is 22.7 Å². The van der Waals surface area contributed by atoms with Crippen LogP contribution in [0, 0.1) is 25.7 Å². The molecule has 4 aromatic rings. The van der Waals surface area contributed by atoms with Crippen LogP contribution in [0.15, 0.2) is 46.0 Å². The number of amides is 4. The summed E-state index contributed by atoms with van der Waals surface area (Å²) in [7, 11) is 4.71. The van der Waals surface area contributed by atoms with E-state index in [-0.39, 0.29) is 57.9 Å². The van der Waals surface area contributed by atoms with Gasteiger partial charge in [-0.05, 0) is 75.9 Å². The molecular formula is C43H58Cl2N10O8. The van der Waals surface area contributed by atoms with Crippen molar-refractivity contribution in [3.8, 4) is 11.4 Å². The minimum atomic E-state index is -0.957. The molecular weight excluding hydrogens is 855 g/mol. The third-order valence-corrected chi connectivity index (χ3v) is 12.3. The molecule has 63 heavy (non-hydrogen) atoms. The molecule has 2 unspecified atom stereocenters. The molecule has 4 amide bonds. The van der Waals surface area contributed by atoms with Gasteiger partial charge >= 0.3 is 11.4 Å². The van der Waals surface area contributed by atoms with E-state index in [0.29, 0.717) is 23.0 Å². The van der Waals surface area contributed by atoms with Gasteiger partial charge in [0.1, 0.15) is 37.2 Å². The number of aliphatic hydroxyl groups is 2. The Morgan fingerprint density at radius 2 is 1.06 bits per heavy atom. The molecule has 2 aliphatic rings. The van der Waals surface area contributed by atoms with E-state index in [4.69, 9.17) is 23.2 Å². The summed E-state index contributed by atoms with van der Waals surface area (Å²) in [5, 5.41) is 37.7. The van der Waals surface area contributed by atoms with E-state index in [0.717, 1.165) is 86.4 Å². The lowest BCUT2D eigenvalue weighted by Gasteiger charge is -2.22. The fourth-order valence-corrected chi connectivity index (χ4v) is 8.15. The maximum Gasteiger partial charge on any atom is 0.351 e. The zero-order valence-electron chi connectivity index (χ0n) is 36.4. The van der Waals surface area contributed by atoms with Crippen LogP contribution in [0.5, 0.6) is 0 Å². The number of carbonyl (C=O) groups excluding carboxylic acids is 4. The van der Waals surface area contributed by atoms with E-state index in [1.54, 1.807) is 40.1 Å². The molecule has 20 heteroatoms. The zero-order chi connectivity index (χ0) is 46.0. The third kappa shape index (κ3) is 12.5. The number of aryl methyl sites for hydroxylation is 2. The molecule has 2 heterocycles. The topological polar surface area (TPSA) is 228 Å². The van der Waals surface area contributed by atoms with Crippen LogP contribution < -0.4 is 27.3 Å². The fraction of sp³-hybridized carbons (Fsp3) is 0.535. The highest BCUT2D eigenvalue weighted by Crippen LogP contribution is 2.27. The monoisotopic (exact) mass is 912 g/mol. The molecule has 2 fully saturated rings. The first-order chi connectivity index (χ1) is 30.0. The van der Waals surface area contributed by atoms with Crippen LogP contribution in [0.4, 0.5) is 0 Å². The molecule has 2 aromatic heterocycles. The molecule has 5 N–H and O–H groups in total. The molecule has 342 valence electrons. The van der Waals surface area contributed by atoms with Crippen LogP contribution in [0.3, 0.4) is 0 Å². The minimum Gasteiger partial charge on any atom is -0.373 e. The number of carbonyl (C=O) groups is 4. The quantitative estimate of drug-likeness (QED) is 0.102. The van der Waals surface area contributed by atoms with Gasteiger partial charge in [0.25, 0.3) is 11.8 Å². The van der Waals surface area contributed by atoms with Gasteiger partial charge in [0, 0.05) is 33.0 Å². The molecule has 18 nitrogen and oxygen atoms in total. The lowest BCUT2D eigenvalue weighted by atomic mass is 9.98. The second-order valence-electron chi connectivity index (χ2n) is 16.3. The van der Waals surface area contributed by atoms with Crippen molar-refractivity contribution in [3.05, 3.63) is 90.2 Å². The first kappa shape index (κ1) is 48.7. The Hall–Kier alpha value is -5.30. The number of aliphatic hydroxyl groups excluding tert-OH is 2. The SMILES string of the molecule is CNC(=O)Cn1c(C)nn(-c2ccc(Cl)c(C(=O)NC(O)C3CCCCCC3)c2)c1=O.Cc1nn(-c2ccc(Cl)c(C(=O)NC(O)C3CCCCCC3)c2)c(=O)n1CC(=O)N(C)C. The number of nitrogens with one attached hydrogen (secondary N) is 3. The molecule has 0 bridgehead atoms. The Morgan fingerprint density at radius 1 is 0.683 bits per heavy atom. The van der Waals surface area contributed by atoms with E-state index in [9.17, 15) is 39.0 Å². The Kier molecular flexibility index (Phi) is 17.3. The van der Waals surface area contributed by atoms with Crippen LogP contribution in [0.1, 0.15) is 109 Å². The smallest absolute Gasteiger partial charge is 0.351 e. The Labute approximate surface area is 375 Å². The Balaban J connectivity index is 0.000000238. The highest BCUT2D eigenvalue weighted by atomic mass is 35.5. The van der Waals surface area contributed by atoms with E-state index in [1.807, 2.05) is 0 Å². The highest BCUT2D eigenvalue weighted by molar-refractivity contribution is 6.34. The molecule has 6 rings (SSSR count). The average molecular weight is 914 g/mol. The van der Waals surface area contributed by atoms with E-state index in [1.165, 1.54) is 45.3 Å². The van der Waals surface area contributed by atoms with Crippen molar-refractivity contribution in [1.82, 2.24) is 49.5 Å². The second-order valence-corrected chi connectivity index (χ2v) is 17.1. The second kappa shape index (κ2) is 22.4. The predicted octanol–water partition coefficient (Wildman–Crippen LogP) is 3.86. The number of hydrogen-bond donors (Lipinski definition) is 5. The molecule has 2 aromatic carbocycles. The summed E-state index contributed by atoms with van der Waals surface area (Å²) in [5.41, 5.74) is -0.0504. The normalized spacial score (nSPS) is 15.8. The van der Waals surface area contributed by atoms with E-state index < -0.39 is 35.6 Å². The molecule has 0 radical (unpaired) electrons. The van der Waals surface area contributed by atoms with Crippen molar-refractivity contribution in [3.63, 3.8) is 0 Å². The fourth-order valence-electron chi connectivity index (χ4n) is 7.74. The van der Waals surface area contributed by atoms with Crippen LogP contribution in [0.2, 0.25) is 10.0 Å². The van der Waals surface area contributed by atoms with Gasteiger partial charge in [0.2, 0.25) is 11.8 Å². The first-order valence-electron chi connectivity index (χ1n) is 21.3. The molecule has 0 spiro atoms. The summed E-state index contributed by atoms with van der Waals surface area (Å²) in [4.78, 5) is 76.3. The van der Waals surface area contributed by atoms with Gasteiger partial charge in [-0.2, -0.15) is 19.6 Å². The van der Waals surface area contributed by atoms with Crippen molar-refractivity contribution in [2.24, 2.45) is 11.8 Å². The summed E-state index contributed by atoms with van der Waals surface area (Å²) in [6.45, 7) is 2.96. The maximum absolute atomic E-state index is 12.9. The van der Waals surface area contributed by atoms with Gasteiger partial charge in [-0.15, -0.1) is 0 Å². The summed E-state index contributed by atoms with van der Waals surface area (Å²) in [6.07, 6.45) is 10.3. The summed E-state index contributed by atoms with van der Waals surface area (Å²) >= 11 is 12.5. The lowest BCUT2D eigenvalue weighted by molar-refractivity contribution is -0.129. The first-order valence-corrected chi connectivity index (χ1v) is 22.1. The van der Waals surface area contributed by atoms with Crippen molar-refractivity contribution >= 4 is 46.8 Å². The highest BCUT2D eigenvalue weighted by Gasteiger charge is 2.26. The van der Waals surface area contributed by atoms with E-state index in [2.05, 4.69) is 26.1 Å². The molecule has 2 aliphatic carbocycles. The van der Waals surface area contributed by atoms with Gasteiger partial charge in [-0.25, -0.2) is 9.59 Å². The number of aromatic nitrogens is 6. The van der Waals surface area contributed by atoms with Gasteiger partial charge in [-0.3, -0.25) is 28.3 Å². The molecule has 0 saturated heterocycles. The molecule has 2 saturated carbocycles. The average Bonchev–Trinajstić information content (AvgIpc) is 3.50. The van der Waals surface area contributed by atoms with Gasteiger partial charge in [0.15, 0.2) is 0 Å². The number of halogens is 2.